The topological polar surface area (TPSA) is 65.0 Å². The molecule has 74 valence electrons. The van der Waals surface area contributed by atoms with E-state index in [0.29, 0.717) is 0 Å². The number of rotatable bonds is 1. The van der Waals surface area contributed by atoms with Crippen LogP contribution < -0.4 is 0 Å². The van der Waals surface area contributed by atoms with E-state index in [4.69, 9.17) is 9.47 Å². The van der Waals surface area contributed by atoms with Crippen LogP contribution in [0.15, 0.2) is 0 Å². The second kappa shape index (κ2) is 2.23. The van der Waals surface area contributed by atoms with Crippen LogP contribution in [0.2, 0.25) is 0 Å². The summed E-state index contributed by atoms with van der Waals surface area (Å²) in [4.78, 5) is 11.1. The molecule has 1 aliphatic heterocycles. The molecule has 0 bridgehead atoms. The molecule has 1 aliphatic carbocycles. The van der Waals surface area contributed by atoms with Gasteiger partial charge < -0.3 is 19.3 Å². The minimum absolute atomic E-state index is 0.574. The number of aliphatic hydroxyl groups is 1. The van der Waals surface area contributed by atoms with Crippen LogP contribution in [0.4, 0.5) is 0 Å². The van der Waals surface area contributed by atoms with E-state index in [-0.39, 0.29) is 0 Å². The van der Waals surface area contributed by atoms with Crippen molar-refractivity contribution in [2.24, 2.45) is 0 Å². The number of fused-ring (bicyclic) bond motifs is 1. The normalized spacial score (nSPS) is 45.5. The van der Waals surface area contributed by atoms with Crippen LogP contribution in [-0.4, -0.2) is 41.8 Å². The number of esters is 1. The van der Waals surface area contributed by atoms with Crippen LogP contribution >= 0.6 is 0 Å². The fourth-order valence-corrected chi connectivity index (χ4v) is 1.65. The molecule has 1 heterocycles. The molecule has 2 aliphatic rings. The Balaban J connectivity index is 2.09. The molecule has 5 heteroatoms. The molecule has 13 heavy (non-hydrogen) atoms. The van der Waals surface area contributed by atoms with E-state index in [0.717, 1.165) is 0 Å². The van der Waals surface area contributed by atoms with Gasteiger partial charge in [0.05, 0.1) is 7.11 Å². The van der Waals surface area contributed by atoms with Gasteiger partial charge in [0.1, 0.15) is 12.2 Å². The first-order chi connectivity index (χ1) is 5.92. The van der Waals surface area contributed by atoms with Crippen molar-refractivity contribution in [3.63, 3.8) is 0 Å². The van der Waals surface area contributed by atoms with E-state index >= 15 is 0 Å². The summed E-state index contributed by atoms with van der Waals surface area (Å²) >= 11 is 0. The average molecular weight is 188 g/mol. The van der Waals surface area contributed by atoms with Crippen LogP contribution in [0, 0.1) is 0 Å². The summed E-state index contributed by atoms with van der Waals surface area (Å²) in [6.07, 6.45) is -1.15. The minimum Gasteiger partial charge on any atom is -0.467 e. The highest BCUT2D eigenvalue weighted by molar-refractivity contribution is 5.86. The van der Waals surface area contributed by atoms with Crippen molar-refractivity contribution in [2.45, 2.75) is 37.4 Å². The fraction of sp³-hybridized carbons (Fsp3) is 0.875. The molecule has 0 unspecified atom stereocenters. The lowest BCUT2D eigenvalue weighted by Crippen LogP contribution is -2.39. The molecule has 0 amide bonds. The molecule has 1 saturated heterocycles. The lowest BCUT2D eigenvalue weighted by molar-refractivity contribution is -0.212. The van der Waals surface area contributed by atoms with Crippen LogP contribution in [0.1, 0.15) is 13.8 Å². The zero-order chi connectivity index (χ0) is 9.85. The van der Waals surface area contributed by atoms with Crippen LogP contribution in [-0.2, 0) is 19.0 Å². The average Bonchev–Trinajstić information content (AvgIpc) is 2.46. The Bertz CT molecular complexity index is 245. The highest BCUT2D eigenvalue weighted by Crippen LogP contribution is 2.52. The number of hydrogen-bond acceptors (Lipinski definition) is 5. The zero-order valence-electron chi connectivity index (χ0n) is 7.73. The van der Waals surface area contributed by atoms with Gasteiger partial charge in [0.2, 0.25) is 5.60 Å². The molecule has 0 aromatic rings. The van der Waals surface area contributed by atoms with Gasteiger partial charge in [0, 0.05) is 0 Å². The molecular formula is C8H12O5. The third kappa shape index (κ3) is 1.01. The maximum Gasteiger partial charge on any atom is 0.343 e. The predicted octanol–water partition coefficient (Wildman–Crippen LogP) is -0.576. The third-order valence-corrected chi connectivity index (χ3v) is 2.37. The van der Waals surface area contributed by atoms with Gasteiger partial charge in [-0.2, -0.15) is 0 Å². The van der Waals surface area contributed by atoms with E-state index < -0.39 is 29.6 Å². The van der Waals surface area contributed by atoms with Crippen LogP contribution in [0.3, 0.4) is 0 Å². The summed E-state index contributed by atoms with van der Waals surface area (Å²) in [5.41, 5.74) is -1.58. The first kappa shape index (κ1) is 8.93. The standard InChI is InChI=1S/C8H12O5/c1-7(2)12-4-5(13-7)8(4,10)6(9)11-3/h4-5,10H,1-3H3/t4-,5-/m0/s1. The molecule has 2 rings (SSSR count). The molecule has 5 nitrogen and oxygen atoms in total. The van der Waals surface area contributed by atoms with Crippen molar-refractivity contribution in [3.8, 4) is 0 Å². The Morgan fingerprint density at radius 1 is 1.38 bits per heavy atom. The highest BCUT2D eigenvalue weighted by atomic mass is 16.8. The molecule has 0 radical (unpaired) electrons. The van der Waals surface area contributed by atoms with Crippen molar-refractivity contribution >= 4 is 5.97 Å². The van der Waals surface area contributed by atoms with Crippen molar-refractivity contribution in [1.82, 2.24) is 0 Å². The molecule has 1 saturated carbocycles. The largest absolute Gasteiger partial charge is 0.467 e. The minimum atomic E-state index is -1.58. The molecule has 0 aromatic heterocycles. The summed E-state index contributed by atoms with van der Waals surface area (Å²) in [7, 11) is 1.22. The van der Waals surface area contributed by atoms with E-state index in [1.165, 1.54) is 7.11 Å². The number of carbonyl (C=O) groups excluding carboxylic acids is 1. The van der Waals surface area contributed by atoms with Gasteiger partial charge >= 0.3 is 5.97 Å². The molecule has 0 spiro atoms. The van der Waals surface area contributed by atoms with E-state index in [1.54, 1.807) is 13.8 Å². The lowest BCUT2D eigenvalue weighted by Gasteiger charge is -2.23. The summed E-state index contributed by atoms with van der Waals surface area (Å²) in [6.45, 7) is 3.47. The zero-order valence-corrected chi connectivity index (χ0v) is 7.73. The maximum atomic E-state index is 11.1. The maximum absolute atomic E-state index is 11.1. The Morgan fingerprint density at radius 2 is 1.85 bits per heavy atom. The molecule has 0 aromatic carbocycles. The van der Waals surface area contributed by atoms with Gasteiger partial charge in [0.25, 0.3) is 0 Å². The summed E-state index contributed by atoms with van der Waals surface area (Å²) < 4.78 is 15.0. The summed E-state index contributed by atoms with van der Waals surface area (Å²) in [6, 6.07) is 0. The Kier molecular flexibility index (Phi) is 1.53. The lowest BCUT2D eigenvalue weighted by atomic mass is 10.3. The van der Waals surface area contributed by atoms with E-state index in [1.807, 2.05) is 0 Å². The van der Waals surface area contributed by atoms with Gasteiger partial charge in [-0.15, -0.1) is 0 Å². The van der Waals surface area contributed by atoms with Crippen molar-refractivity contribution in [1.29, 1.82) is 0 Å². The number of carbonyl (C=O) groups is 1. The first-order valence-corrected chi connectivity index (χ1v) is 4.08. The number of ether oxygens (including phenoxy) is 3. The molecule has 2 fully saturated rings. The van der Waals surface area contributed by atoms with Gasteiger partial charge in [-0.3, -0.25) is 0 Å². The highest BCUT2D eigenvalue weighted by Gasteiger charge is 2.78. The van der Waals surface area contributed by atoms with E-state index in [9.17, 15) is 9.90 Å². The Morgan fingerprint density at radius 3 is 2.23 bits per heavy atom. The molecular weight excluding hydrogens is 176 g/mol. The Labute approximate surface area is 75.6 Å². The van der Waals surface area contributed by atoms with Gasteiger partial charge in [0.15, 0.2) is 5.79 Å². The summed E-state index contributed by atoms with van der Waals surface area (Å²) in [5.74, 6) is -1.41. The quantitative estimate of drug-likeness (QED) is 0.558. The second-order valence-electron chi connectivity index (χ2n) is 3.79. The van der Waals surface area contributed by atoms with Crippen LogP contribution in [0.25, 0.3) is 0 Å². The third-order valence-electron chi connectivity index (χ3n) is 2.37. The predicted molar refractivity (Wildman–Crippen MR) is 40.8 cm³/mol. The van der Waals surface area contributed by atoms with Crippen molar-refractivity contribution < 1.29 is 24.1 Å². The van der Waals surface area contributed by atoms with Crippen molar-refractivity contribution in [2.75, 3.05) is 7.11 Å². The Hall–Kier alpha value is -0.650. The van der Waals surface area contributed by atoms with Crippen molar-refractivity contribution in [3.05, 3.63) is 0 Å². The second-order valence-corrected chi connectivity index (χ2v) is 3.79. The SMILES string of the molecule is COC(=O)C1(O)[C@H]2OC(C)(C)O[C@@H]21. The van der Waals surface area contributed by atoms with Gasteiger partial charge in [-0.1, -0.05) is 0 Å². The van der Waals surface area contributed by atoms with E-state index in [2.05, 4.69) is 4.74 Å². The van der Waals surface area contributed by atoms with Crippen LogP contribution in [0.5, 0.6) is 0 Å². The van der Waals surface area contributed by atoms with Gasteiger partial charge in [-0.05, 0) is 13.8 Å². The smallest absolute Gasteiger partial charge is 0.343 e. The first-order valence-electron chi connectivity index (χ1n) is 4.08. The number of hydrogen-bond donors (Lipinski definition) is 1. The molecule has 2 atom stereocenters. The monoisotopic (exact) mass is 188 g/mol. The molecule has 1 N–H and O–H groups in total. The summed E-state index contributed by atoms with van der Waals surface area (Å²) in [5, 5.41) is 9.68. The van der Waals surface area contributed by atoms with Gasteiger partial charge in [-0.25, -0.2) is 4.79 Å². The number of methoxy groups -OCH3 is 1. The fourth-order valence-electron chi connectivity index (χ4n) is 1.65.